The molecule has 0 radical (unpaired) electrons. The highest BCUT2D eigenvalue weighted by molar-refractivity contribution is 6.30. The second-order valence-electron chi connectivity index (χ2n) is 7.35. The lowest BCUT2D eigenvalue weighted by atomic mass is 9.82. The van der Waals surface area contributed by atoms with Crippen LogP contribution >= 0.6 is 23.2 Å². The number of allylic oxidation sites excluding steroid dienone is 1. The van der Waals surface area contributed by atoms with E-state index in [2.05, 4.69) is 0 Å². The number of hydrogen-bond donors (Lipinski definition) is 1. The summed E-state index contributed by atoms with van der Waals surface area (Å²) in [7, 11) is 1.59. The molecule has 6 heteroatoms. The minimum absolute atomic E-state index is 0.103. The Balaban J connectivity index is 1.77. The summed E-state index contributed by atoms with van der Waals surface area (Å²) in [6, 6.07) is 21.6. The van der Waals surface area contributed by atoms with Gasteiger partial charge in [-0.25, -0.2) is 0 Å². The van der Waals surface area contributed by atoms with Gasteiger partial charge >= 0.3 is 0 Å². The van der Waals surface area contributed by atoms with Gasteiger partial charge in [0.05, 0.1) is 7.11 Å². The monoisotopic (exact) mass is 453 g/mol. The molecule has 0 unspecified atom stereocenters. The second-order valence-corrected chi connectivity index (χ2v) is 8.22. The average molecular weight is 454 g/mol. The van der Waals surface area contributed by atoms with Crippen LogP contribution in [0, 0.1) is 0 Å². The molecule has 4 rings (SSSR count). The molecule has 1 aliphatic rings. The smallest absolute Gasteiger partial charge is 0.191 e. The number of aliphatic hydroxyl groups excluding tert-OH is 1. The molecule has 2 atom stereocenters. The minimum atomic E-state index is -0.797. The van der Waals surface area contributed by atoms with E-state index < -0.39 is 6.23 Å². The van der Waals surface area contributed by atoms with Gasteiger partial charge in [-0.1, -0.05) is 35.3 Å². The fraction of sp³-hybridized carbons (Fsp3) is 0.160. The molecule has 0 fully saturated rings. The Morgan fingerprint density at radius 3 is 2.10 bits per heavy atom. The summed E-state index contributed by atoms with van der Waals surface area (Å²) in [4.78, 5) is 15.2. The molecular weight excluding hydrogens is 433 g/mol. The number of anilines is 1. The zero-order chi connectivity index (χ0) is 22.0. The van der Waals surface area contributed by atoms with E-state index >= 15 is 0 Å². The maximum atomic E-state index is 13.5. The van der Waals surface area contributed by atoms with Crippen molar-refractivity contribution in [3.63, 3.8) is 0 Å². The lowest BCUT2D eigenvalue weighted by Crippen LogP contribution is -2.38. The number of hydrogen-bond acceptors (Lipinski definition) is 4. The number of ether oxygens (including phenoxy) is 1. The molecule has 0 spiro atoms. The number of rotatable bonds is 5. The average Bonchev–Trinajstić information content (AvgIpc) is 2.80. The molecule has 31 heavy (non-hydrogen) atoms. The van der Waals surface area contributed by atoms with Crippen molar-refractivity contribution >= 4 is 34.7 Å². The SMILES string of the molecule is COc1ccc(C(=O)C2=CN(c3ccc(Cl)cc3)[C@H](O)C[C@H]2c2ccc(Cl)cc2)cc1. The van der Waals surface area contributed by atoms with E-state index in [0.717, 1.165) is 11.3 Å². The van der Waals surface area contributed by atoms with E-state index in [9.17, 15) is 9.90 Å². The van der Waals surface area contributed by atoms with E-state index in [1.165, 1.54) is 0 Å². The molecule has 1 N–H and O–H groups in total. The van der Waals surface area contributed by atoms with Crippen molar-refractivity contribution in [3.05, 3.63) is 106 Å². The van der Waals surface area contributed by atoms with Crippen LogP contribution in [-0.2, 0) is 0 Å². The largest absolute Gasteiger partial charge is 0.497 e. The summed E-state index contributed by atoms with van der Waals surface area (Å²) >= 11 is 12.1. The van der Waals surface area contributed by atoms with Crippen LogP contribution < -0.4 is 9.64 Å². The van der Waals surface area contributed by atoms with Crippen LogP contribution in [0.2, 0.25) is 10.0 Å². The lowest BCUT2D eigenvalue weighted by molar-refractivity contribution is 0.101. The number of carbonyl (C=O) groups is 1. The Hall–Kier alpha value is -2.79. The number of nitrogens with zero attached hydrogens (tertiary/aromatic N) is 1. The summed E-state index contributed by atoms with van der Waals surface area (Å²) in [6.07, 6.45) is 1.30. The topological polar surface area (TPSA) is 49.8 Å². The molecule has 0 amide bonds. The molecule has 0 aliphatic carbocycles. The fourth-order valence-electron chi connectivity index (χ4n) is 3.77. The predicted octanol–water partition coefficient (Wildman–Crippen LogP) is 6.08. The van der Waals surface area contributed by atoms with Crippen molar-refractivity contribution in [3.8, 4) is 5.75 Å². The number of ketones is 1. The summed E-state index contributed by atoms with van der Waals surface area (Å²) in [6.45, 7) is 0. The van der Waals surface area contributed by atoms with Gasteiger partial charge in [0, 0.05) is 45.4 Å². The van der Waals surface area contributed by atoms with Crippen LogP contribution in [0.1, 0.15) is 28.3 Å². The van der Waals surface area contributed by atoms with Gasteiger partial charge in [0.2, 0.25) is 0 Å². The third-order valence-corrected chi connectivity index (χ3v) is 5.94. The number of benzene rings is 3. The molecular formula is C25H21Cl2NO3. The van der Waals surface area contributed by atoms with Gasteiger partial charge in [0.25, 0.3) is 0 Å². The zero-order valence-corrected chi connectivity index (χ0v) is 18.3. The van der Waals surface area contributed by atoms with Crippen molar-refractivity contribution in [2.24, 2.45) is 0 Å². The van der Waals surface area contributed by atoms with E-state index in [1.54, 1.807) is 66.7 Å². The van der Waals surface area contributed by atoms with Gasteiger partial charge in [-0.3, -0.25) is 4.79 Å². The Morgan fingerprint density at radius 2 is 1.52 bits per heavy atom. The molecule has 0 bridgehead atoms. The van der Waals surface area contributed by atoms with E-state index in [4.69, 9.17) is 27.9 Å². The third kappa shape index (κ3) is 4.62. The van der Waals surface area contributed by atoms with Crippen LogP contribution in [0.25, 0.3) is 0 Å². The summed E-state index contributed by atoms with van der Waals surface area (Å²) in [5, 5.41) is 12.1. The number of halogens is 2. The van der Waals surface area contributed by atoms with E-state index in [1.807, 2.05) is 24.3 Å². The first kappa shape index (κ1) is 21.4. The van der Waals surface area contributed by atoms with Crippen molar-refractivity contribution in [2.75, 3.05) is 12.0 Å². The number of Topliss-reactive ketones (excluding diaryl/α,β-unsaturated/α-hetero) is 1. The second kappa shape index (κ2) is 9.15. The summed E-state index contributed by atoms with van der Waals surface area (Å²) in [5.74, 6) is 0.306. The molecule has 0 aromatic heterocycles. The number of aliphatic hydroxyl groups is 1. The van der Waals surface area contributed by atoms with E-state index in [0.29, 0.717) is 33.4 Å². The first-order valence-electron chi connectivity index (χ1n) is 9.84. The van der Waals surface area contributed by atoms with Crippen molar-refractivity contribution in [1.82, 2.24) is 0 Å². The summed E-state index contributed by atoms with van der Waals surface area (Å²) in [5.41, 5.74) is 2.82. The number of carbonyl (C=O) groups excluding carboxylic acids is 1. The van der Waals surface area contributed by atoms with Gasteiger partial charge in [0.1, 0.15) is 12.0 Å². The Kier molecular flexibility index (Phi) is 6.33. The van der Waals surface area contributed by atoms with Gasteiger partial charge < -0.3 is 14.7 Å². The highest BCUT2D eigenvalue weighted by Gasteiger charge is 2.33. The molecule has 158 valence electrons. The van der Waals surface area contributed by atoms with Crippen LogP contribution in [0.15, 0.2) is 84.6 Å². The Labute approximate surface area is 191 Å². The number of methoxy groups -OCH3 is 1. The molecule has 1 aliphatic heterocycles. The third-order valence-electron chi connectivity index (χ3n) is 5.43. The Bertz CT molecular complexity index is 1090. The highest BCUT2D eigenvalue weighted by Crippen LogP contribution is 2.38. The molecule has 3 aromatic rings. The maximum Gasteiger partial charge on any atom is 0.191 e. The van der Waals surface area contributed by atoms with Gasteiger partial charge in [-0.2, -0.15) is 0 Å². The molecule has 0 saturated carbocycles. The van der Waals surface area contributed by atoms with Crippen LogP contribution in [0.4, 0.5) is 5.69 Å². The minimum Gasteiger partial charge on any atom is -0.497 e. The fourth-order valence-corrected chi connectivity index (χ4v) is 4.03. The molecule has 0 saturated heterocycles. The summed E-state index contributed by atoms with van der Waals surface area (Å²) < 4.78 is 5.20. The lowest BCUT2D eigenvalue weighted by Gasteiger charge is -2.36. The zero-order valence-electron chi connectivity index (χ0n) is 16.8. The van der Waals surface area contributed by atoms with Crippen LogP contribution in [0.3, 0.4) is 0 Å². The maximum absolute atomic E-state index is 13.5. The van der Waals surface area contributed by atoms with Gasteiger partial charge in [-0.05, 0) is 66.2 Å². The standard InChI is InChI=1S/C25H21Cl2NO3/c1-31-21-12-4-17(5-13-21)25(30)23-15-28(20-10-8-19(27)9-11-20)24(29)14-22(23)16-2-6-18(26)7-3-16/h2-13,15,22,24,29H,14H2,1H3/t22-,24+/m0/s1. The molecule has 4 nitrogen and oxygen atoms in total. The van der Waals surface area contributed by atoms with Crippen molar-refractivity contribution < 1.29 is 14.6 Å². The highest BCUT2D eigenvalue weighted by atomic mass is 35.5. The quantitative estimate of drug-likeness (QED) is 0.475. The first-order valence-corrected chi connectivity index (χ1v) is 10.6. The normalized spacial score (nSPS) is 18.5. The van der Waals surface area contributed by atoms with Crippen LogP contribution in [-0.4, -0.2) is 24.2 Å². The first-order chi connectivity index (χ1) is 15.0. The van der Waals surface area contributed by atoms with Crippen LogP contribution in [0.5, 0.6) is 5.75 Å². The molecule has 1 heterocycles. The van der Waals surface area contributed by atoms with E-state index in [-0.39, 0.29) is 11.7 Å². The molecule has 3 aromatic carbocycles. The Morgan fingerprint density at radius 1 is 0.935 bits per heavy atom. The van der Waals surface area contributed by atoms with Crippen molar-refractivity contribution in [2.45, 2.75) is 18.6 Å². The predicted molar refractivity (Wildman–Crippen MR) is 124 cm³/mol. The van der Waals surface area contributed by atoms with Crippen molar-refractivity contribution in [1.29, 1.82) is 0 Å². The van der Waals surface area contributed by atoms with Gasteiger partial charge in [0.15, 0.2) is 5.78 Å². The van der Waals surface area contributed by atoms with Gasteiger partial charge in [-0.15, -0.1) is 0 Å².